The molecule has 5 aromatic carbocycles. The Kier molecular flexibility index (Phi) is 12.4. The first kappa shape index (κ1) is 39.6. The standard InChI is InChI=1S/C50H64Si2/c1-14-15-16-17-20-40-23-24-43-32-49-45(25-27-51(34(2)3,35(4)5)36(6)7)47-30-41-21-18-19-22-42(41)31-48(47)46(50(49)33-44(43)29-40)26-28-52(37(8)9,38(10)11)39(12)13/h17-24,29-39H,14-16H2,1-13H3/b20-17+. The molecule has 0 aliphatic rings. The lowest BCUT2D eigenvalue weighted by molar-refractivity contribution is 0.816. The zero-order chi connectivity index (χ0) is 38.0. The van der Waals surface area contributed by atoms with Gasteiger partial charge in [-0.1, -0.05) is 163 Å². The van der Waals surface area contributed by atoms with Crippen molar-refractivity contribution in [2.24, 2.45) is 0 Å². The van der Waals surface area contributed by atoms with Crippen molar-refractivity contribution in [2.45, 2.75) is 143 Å². The fourth-order valence-corrected chi connectivity index (χ4v) is 20.2. The second-order valence-electron chi connectivity index (χ2n) is 17.3. The van der Waals surface area contributed by atoms with Crippen LogP contribution in [0.25, 0.3) is 49.2 Å². The Morgan fingerprint density at radius 2 is 0.885 bits per heavy atom. The first-order chi connectivity index (χ1) is 24.7. The normalized spacial score (nSPS) is 12.8. The molecule has 5 aromatic rings. The second kappa shape index (κ2) is 16.2. The molecule has 5 rings (SSSR count). The van der Waals surface area contributed by atoms with E-state index in [-0.39, 0.29) is 0 Å². The number of hydrogen-bond donors (Lipinski definition) is 0. The molecule has 272 valence electrons. The van der Waals surface area contributed by atoms with Gasteiger partial charge in [0, 0.05) is 11.1 Å². The summed E-state index contributed by atoms with van der Waals surface area (Å²) < 4.78 is 0. The van der Waals surface area contributed by atoms with Crippen LogP contribution in [0.3, 0.4) is 0 Å². The molecule has 2 heteroatoms. The van der Waals surface area contributed by atoms with E-state index in [2.05, 4.69) is 192 Å². The van der Waals surface area contributed by atoms with Gasteiger partial charge in [0.1, 0.15) is 16.1 Å². The Morgan fingerprint density at radius 3 is 1.27 bits per heavy atom. The Balaban J connectivity index is 1.99. The molecule has 0 aromatic heterocycles. The Bertz CT molecular complexity index is 2180. The van der Waals surface area contributed by atoms with E-state index in [1.165, 1.54) is 72.6 Å². The summed E-state index contributed by atoms with van der Waals surface area (Å²) in [5, 5.41) is 10.00. The predicted octanol–water partition coefficient (Wildman–Crippen LogP) is 15.6. The third-order valence-electron chi connectivity index (χ3n) is 12.5. The summed E-state index contributed by atoms with van der Waals surface area (Å²) in [7, 11) is -4.01. The minimum absolute atomic E-state index is 0.563. The van der Waals surface area contributed by atoms with Crippen LogP contribution in [-0.4, -0.2) is 16.1 Å². The van der Waals surface area contributed by atoms with Gasteiger partial charge in [-0.25, -0.2) is 0 Å². The van der Waals surface area contributed by atoms with Gasteiger partial charge < -0.3 is 0 Å². The monoisotopic (exact) mass is 720 g/mol. The lowest BCUT2D eigenvalue weighted by Gasteiger charge is -2.38. The van der Waals surface area contributed by atoms with Crippen LogP contribution in [0.2, 0.25) is 33.2 Å². The second-order valence-corrected chi connectivity index (χ2v) is 28.5. The number of unbranched alkanes of at least 4 members (excludes halogenated alkanes) is 2. The Hall–Kier alpha value is -3.57. The summed E-state index contributed by atoms with van der Waals surface area (Å²) in [4.78, 5) is 0. The van der Waals surface area contributed by atoms with Gasteiger partial charge in [-0.2, -0.15) is 0 Å². The van der Waals surface area contributed by atoms with Gasteiger partial charge in [0.05, 0.1) is 0 Å². The molecule has 0 saturated carbocycles. The van der Waals surface area contributed by atoms with E-state index < -0.39 is 16.1 Å². The molecule has 0 N–H and O–H groups in total. The fourth-order valence-electron chi connectivity index (χ4n) is 9.80. The summed E-state index contributed by atoms with van der Waals surface area (Å²) in [6.07, 6.45) is 8.19. The van der Waals surface area contributed by atoms with E-state index in [0.717, 1.165) is 6.42 Å². The van der Waals surface area contributed by atoms with Crippen molar-refractivity contribution in [1.29, 1.82) is 0 Å². The largest absolute Gasteiger partial charge is 0.146 e. The molecule has 0 fully saturated rings. The highest BCUT2D eigenvalue weighted by Gasteiger charge is 2.43. The highest BCUT2D eigenvalue weighted by atomic mass is 28.3. The first-order valence-corrected chi connectivity index (χ1v) is 24.7. The molecule has 0 unspecified atom stereocenters. The zero-order valence-electron chi connectivity index (χ0n) is 34.6. The average Bonchev–Trinajstić information content (AvgIpc) is 3.08. The number of hydrogen-bond acceptors (Lipinski definition) is 0. The highest BCUT2D eigenvalue weighted by Crippen LogP contribution is 2.44. The van der Waals surface area contributed by atoms with Crippen molar-refractivity contribution < 1.29 is 0 Å². The summed E-state index contributed by atoms with van der Waals surface area (Å²) >= 11 is 0. The maximum absolute atomic E-state index is 4.15. The van der Waals surface area contributed by atoms with Gasteiger partial charge in [0.2, 0.25) is 0 Å². The van der Waals surface area contributed by atoms with Gasteiger partial charge in [-0.15, -0.1) is 11.1 Å². The SMILES string of the molecule is CCCC/C=C/c1ccc2cc3c(C#C[Si](C(C)C)(C(C)C)C(C)C)c4cc5ccccc5cc4c(C#C[Si](C(C)C)(C(C)C)C(C)C)c3cc2c1. The topological polar surface area (TPSA) is 0 Å². The molecule has 52 heavy (non-hydrogen) atoms. The molecular formula is C50H64Si2. The van der Waals surface area contributed by atoms with Gasteiger partial charge in [0.15, 0.2) is 0 Å². The van der Waals surface area contributed by atoms with Crippen LogP contribution >= 0.6 is 0 Å². The van der Waals surface area contributed by atoms with E-state index in [1.807, 2.05) is 0 Å². The van der Waals surface area contributed by atoms with Gasteiger partial charge in [-0.05, 0) is 119 Å². The third-order valence-corrected chi connectivity index (χ3v) is 25.1. The molecule has 0 aliphatic carbocycles. The number of fused-ring (bicyclic) bond motifs is 4. The van der Waals surface area contributed by atoms with E-state index in [0.29, 0.717) is 33.2 Å². The van der Waals surface area contributed by atoms with E-state index in [9.17, 15) is 0 Å². The molecule has 0 amide bonds. The molecule has 0 bridgehead atoms. The predicted molar refractivity (Wildman–Crippen MR) is 241 cm³/mol. The molecule has 0 radical (unpaired) electrons. The molecule has 0 nitrogen and oxygen atoms in total. The molecule has 0 saturated heterocycles. The Morgan fingerprint density at radius 1 is 0.500 bits per heavy atom. The molecule has 0 spiro atoms. The number of benzene rings is 5. The maximum atomic E-state index is 4.15. The third kappa shape index (κ3) is 7.32. The van der Waals surface area contributed by atoms with Crippen LogP contribution in [-0.2, 0) is 0 Å². The fraction of sp³-hybridized carbons (Fsp3) is 0.440. The minimum atomic E-state index is -2.01. The zero-order valence-corrected chi connectivity index (χ0v) is 36.6. The summed E-state index contributed by atoms with van der Waals surface area (Å²) in [5.41, 5.74) is 15.3. The minimum Gasteiger partial charge on any atom is -0.125 e. The highest BCUT2D eigenvalue weighted by molar-refractivity contribution is 6.91. The number of rotatable bonds is 10. The average molecular weight is 721 g/mol. The lowest BCUT2D eigenvalue weighted by atomic mass is 9.88. The van der Waals surface area contributed by atoms with Gasteiger partial charge >= 0.3 is 0 Å². The lowest BCUT2D eigenvalue weighted by Crippen LogP contribution is -2.43. The smallest absolute Gasteiger partial charge is 0.125 e. The Labute approximate surface area is 318 Å². The van der Waals surface area contributed by atoms with Crippen molar-refractivity contribution in [1.82, 2.24) is 0 Å². The summed E-state index contributed by atoms with van der Waals surface area (Å²) in [6.45, 7) is 31.3. The molecule has 0 aliphatic heterocycles. The van der Waals surface area contributed by atoms with E-state index >= 15 is 0 Å². The van der Waals surface area contributed by atoms with E-state index in [1.54, 1.807) is 0 Å². The number of allylic oxidation sites excluding steroid dienone is 1. The van der Waals surface area contributed by atoms with Crippen molar-refractivity contribution in [3.8, 4) is 22.9 Å². The van der Waals surface area contributed by atoms with Crippen LogP contribution in [0.5, 0.6) is 0 Å². The van der Waals surface area contributed by atoms with Crippen molar-refractivity contribution in [2.75, 3.05) is 0 Å². The van der Waals surface area contributed by atoms with Crippen LogP contribution in [0.4, 0.5) is 0 Å². The van der Waals surface area contributed by atoms with Crippen molar-refractivity contribution in [3.05, 3.63) is 89.5 Å². The summed E-state index contributed by atoms with van der Waals surface area (Å²) in [6, 6.07) is 25.5. The van der Waals surface area contributed by atoms with Crippen LogP contribution in [0.1, 0.15) is 126 Å². The quantitative estimate of drug-likeness (QED) is 0.0583. The first-order valence-electron chi connectivity index (χ1n) is 20.3. The summed E-state index contributed by atoms with van der Waals surface area (Å²) in [5.74, 6) is 8.03. The van der Waals surface area contributed by atoms with Gasteiger partial charge in [-0.3, -0.25) is 0 Å². The van der Waals surface area contributed by atoms with Gasteiger partial charge in [0.25, 0.3) is 0 Å². The van der Waals surface area contributed by atoms with Crippen LogP contribution in [0, 0.1) is 22.9 Å². The maximum Gasteiger partial charge on any atom is 0.146 e. The molecule has 0 atom stereocenters. The molecular weight excluding hydrogens is 657 g/mol. The van der Waals surface area contributed by atoms with Crippen molar-refractivity contribution in [3.63, 3.8) is 0 Å². The van der Waals surface area contributed by atoms with Crippen LogP contribution in [0.15, 0.2) is 72.8 Å². The van der Waals surface area contributed by atoms with Crippen molar-refractivity contribution >= 4 is 65.3 Å². The van der Waals surface area contributed by atoms with E-state index in [4.69, 9.17) is 0 Å². The van der Waals surface area contributed by atoms with Crippen LogP contribution < -0.4 is 0 Å². The molecule has 0 heterocycles.